The summed E-state index contributed by atoms with van der Waals surface area (Å²) in [6.45, 7) is 4.83. The van der Waals surface area contributed by atoms with Gasteiger partial charge in [0.2, 0.25) is 0 Å². The molecule has 2 rings (SSSR count). The molecule has 0 aliphatic heterocycles. The molecule has 0 unspecified atom stereocenters. The third-order valence-electron chi connectivity index (χ3n) is 3.51. The van der Waals surface area contributed by atoms with Crippen LogP contribution < -0.4 is 5.32 Å². The van der Waals surface area contributed by atoms with Crippen LogP contribution in [0.3, 0.4) is 0 Å². The molecule has 0 bridgehead atoms. The number of non-ortho nitro benzene ring substituents is 1. The van der Waals surface area contributed by atoms with E-state index in [1.807, 2.05) is 7.05 Å². The summed E-state index contributed by atoms with van der Waals surface area (Å²) in [6.07, 6.45) is 0. The van der Waals surface area contributed by atoms with Gasteiger partial charge in [0.15, 0.2) is 0 Å². The first-order valence-electron chi connectivity index (χ1n) is 6.19. The smallest absolute Gasteiger partial charge is 0.270 e. The molecule has 106 valence electrons. The molecular weight excluding hydrogens is 322 g/mol. The lowest BCUT2D eigenvalue weighted by Crippen LogP contribution is -2.02. The van der Waals surface area contributed by atoms with Gasteiger partial charge in [-0.1, -0.05) is 0 Å². The molecule has 1 heterocycles. The Morgan fingerprint density at radius 2 is 2.05 bits per heavy atom. The third-order valence-corrected chi connectivity index (χ3v) is 4.17. The highest BCUT2D eigenvalue weighted by Crippen LogP contribution is 2.27. The fraction of sp³-hybridized carbons (Fsp3) is 0.286. The second-order valence-electron chi connectivity index (χ2n) is 4.73. The van der Waals surface area contributed by atoms with Gasteiger partial charge < -0.3 is 9.88 Å². The Labute approximate surface area is 125 Å². The lowest BCUT2D eigenvalue weighted by atomic mass is 10.2. The van der Waals surface area contributed by atoms with Crippen molar-refractivity contribution in [2.45, 2.75) is 20.4 Å². The van der Waals surface area contributed by atoms with Crippen LogP contribution in [-0.4, -0.2) is 9.49 Å². The summed E-state index contributed by atoms with van der Waals surface area (Å²) >= 11 is 3.36. The number of nitro groups is 1. The van der Waals surface area contributed by atoms with Gasteiger partial charge in [-0.15, -0.1) is 0 Å². The number of nitro benzene ring substituents is 1. The SMILES string of the molecule is Cc1cc(CNc2ccc([N+](=O)[O-])cc2Br)c(C)n1C. The maximum atomic E-state index is 10.7. The Balaban J connectivity index is 2.15. The summed E-state index contributed by atoms with van der Waals surface area (Å²) in [6, 6.07) is 6.86. The number of rotatable bonds is 4. The molecule has 1 N–H and O–H groups in total. The Morgan fingerprint density at radius 1 is 1.35 bits per heavy atom. The standard InChI is InChI=1S/C14H16BrN3O2/c1-9-6-11(10(2)17(9)3)8-16-14-5-4-12(18(19)20)7-13(14)15/h4-7,16H,8H2,1-3H3. The Morgan fingerprint density at radius 3 is 2.55 bits per heavy atom. The van der Waals surface area contributed by atoms with E-state index in [0.29, 0.717) is 11.0 Å². The lowest BCUT2D eigenvalue weighted by molar-refractivity contribution is -0.384. The largest absolute Gasteiger partial charge is 0.380 e. The molecule has 0 aliphatic carbocycles. The van der Waals surface area contributed by atoms with Crippen molar-refractivity contribution in [2.24, 2.45) is 7.05 Å². The molecule has 0 saturated heterocycles. The van der Waals surface area contributed by atoms with Crippen LogP contribution in [0, 0.1) is 24.0 Å². The van der Waals surface area contributed by atoms with Crippen molar-refractivity contribution in [2.75, 3.05) is 5.32 Å². The predicted octanol–water partition coefficient (Wildman–Crippen LogP) is 3.92. The molecular formula is C14H16BrN3O2. The Bertz CT molecular complexity index is 665. The van der Waals surface area contributed by atoms with E-state index >= 15 is 0 Å². The zero-order valence-electron chi connectivity index (χ0n) is 11.6. The normalized spacial score (nSPS) is 10.6. The fourth-order valence-corrected chi connectivity index (χ4v) is 2.57. The molecule has 0 atom stereocenters. The highest BCUT2D eigenvalue weighted by atomic mass is 79.9. The third kappa shape index (κ3) is 2.85. The number of hydrogen-bond acceptors (Lipinski definition) is 3. The minimum Gasteiger partial charge on any atom is -0.380 e. The minimum absolute atomic E-state index is 0.0779. The molecule has 0 saturated carbocycles. The fourth-order valence-electron chi connectivity index (χ4n) is 2.06. The zero-order chi connectivity index (χ0) is 14.9. The van der Waals surface area contributed by atoms with Crippen LogP contribution in [0.5, 0.6) is 0 Å². The van der Waals surface area contributed by atoms with E-state index in [4.69, 9.17) is 0 Å². The van der Waals surface area contributed by atoms with Crippen molar-refractivity contribution in [3.63, 3.8) is 0 Å². The van der Waals surface area contributed by atoms with E-state index in [2.05, 4.69) is 45.7 Å². The van der Waals surface area contributed by atoms with Gasteiger partial charge in [0.05, 0.1) is 4.92 Å². The van der Waals surface area contributed by atoms with Gasteiger partial charge >= 0.3 is 0 Å². The average molecular weight is 338 g/mol. The molecule has 0 aliphatic rings. The van der Waals surface area contributed by atoms with Crippen molar-refractivity contribution >= 4 is 27.3 Å². The zero-order valence-corrected chi connectivity index (χ0v) is 13.2. The Hall–Kier alpha value is -1.82. The van der Waals surface area contributed by atoms with Crippen molar-refractivity contribution in [1.82, 2.24) is 4.57 Å². The number of anilines is 1. The first kappa shape index (κ1) is 14.6. The number of halogens is 1. The predicted molar refractivity (Wildman–Crippen MR) is 83.0 cm³/mol. The topological polar surface area (TPSA) is 60.1 Å². The molecule has 0 radical (unpaired) electrons. The van der Waals surface area contributed by atoms with E-state index in [-0.39, 0.29) is 5.69 Å². The number of hydrogen-bond donors (Lipinski definition) is 1. The summed E-state index contributed by atoms with van der Waals surface area (Å²) in [5.41, 5.74) is 4.57. The molecule has 1 aromatic carbocycles. The molecule has 5 nitrogen and oxygen atoms in total. The second kappa shape index (κ2) is 5.66. The van der Waals surface area contributed by atoms with E-state index in [1.165, 1.54) is 29.1 Å². The number of aryl methyl sites for hydroxylation is 1. The van der Waals surface area contributed by atoms with Crippen molar-refractivity contribution in [3.8, 4) is 0 Å². The number of aromatic nitrogens is 1. The molecule has 0 amide bonds. The van der Waals surface area contributed by atoms with Crippen molar-refractivity contribution < 1.29 is 4.92 Å². The summed E-state index contributed by atoms with van der Waals surface area (Å²) in [5, 5.41) is 14.0. The van der Waals surface area contributed by atoms with Crippen LogP contribution in [0.1, 0.15) is 17.0 Å². The quantitative estimate of drug-likeness (QED) is 0.679. The lowest BCUT2D eigenvalue weighted by Gasteiger charge is -2.08. The number of nitrogens with zero attached hydrogens (tertiary/aromatic N) is 2. The summed E-state index contributed by atoms with van der Waals surface area (Å²) in [7, 11) is 2.04. The second-order valence-corrected chi connectivity index (χ2v) is 5.58. The van der Waals surface area contributed by atoms with Crippen LogP contribution in [0.25, 0.3) is 0 Å². The van der Waals surface area contributed by atoms with Crippen LogP contribution in [-0.2, 0) is 13.6 Å². The monoisotopic (exact) mass is 337 g/mol. The van der Waals surface area contributed by atoms with Gasteiger partial charge in [0.1, 0.15) is 0 Å². The molecule has 2 aromatic rings. The van der Waals surface area contributed by atoms with Crippen molar-refractivity contribution in [3.05, 3.63) is 55.8 Å². The Kier molecular flexibility index (Phi) is 4.13. The molecule has 6 heteroatoms. The van der Waals surface area contributed by atoms with Crippen LogP contribution in [0.4, 0.5) is 11.4 Å². The number of benzene rings is 1. The highest BCUT2D eigenvalue weighted by Gasteiger charge is 2.10. The van der Waals surface area contributed by atoms with E-state index in [9.17, 15) is 10.1 Å². The summed E-state index contributed by atoms with van der Waals surface area (Å²) in [5.74, 6) is 0. The first-order chi connectivity index (χ1) is 9.40. The van der Waals surface area contributed by atoms with Gasteiger partial charge in [-0.25, -0.2) is 0 Å². The average Bonchev–Trinajstić information content (AvgIpc) is 2.64. The first-order valence-corrected chi connectivity index (χ1v) is 6.99. The van der Waals surface area contributed by atoms with Crippen LogP contribution >= 0.6 is 15.9 Å². The minimum atomic E-state index is -0.404. The molecule has 1 aromatic heterocycles. The van der Waals surface area contributed by atoms with Crippen LogP contribution in [0.15, 0.2) is 28.7 Å². The van der Waals surface area contributed by atoms with E-state index in [0.717, 1.165) is 5.69 Å². The van der Waals surface area contributed by atoms with E-state index in [1.54, 1.807) is 6.07 Å². The number of nitrogens with one attached hydrogen (secondary N) is 1. The maximum Gasteiger partial charge on any atom is 0.270 e. The molecule has 0 fully saturated rings. The van der Waals surface area contributed by atoms with Gasteiger partial charge in [-0.2, -0.15) is 0 Å². The maximum absolute atomic E-state index is 10.7. The van der Waals surface area contributed by atoms with Gasteiger partial charge in [0.25, 0.3) is 5.69 Å². The van der Waals surface area contributed by atoms with Gasteiger partial charge in [-0.05, 0) is 47.5 Å². The molecule has 20 heavy (non-hydrogen) atoms. The summed E-state index contributed by atoms with van der Waals surface area (Å²) in [4.78, 5) is 10.3. The van der Waals surface area contributed by atoms with Gasteiger partial charge in [0, 0.05) is 47.3 Å². The van der Waals surface area contributed by atoms with Crippen molar-refractivity contribution in [1.29, 1.82) is 0 Å². The van der Waals surface area contributed by atoms with Gasteiger partial charge in [-0.3, -0.25) is 10.1 Å². The molecule has 0 spiro atoms. The summed E-state index contributed by atoms with van der Waals surface area (Å²) < 4.78 is 2.83. The van der Waals surface area contributed by atoms with Crippen LogP contribution in [0.2, 0.25) is 0 Å². The highest BCUT2D eigenvalue weighted by molar-refractivity contribution is 9.10. The van der Waals surface area contributed by atoms with E-state index < -0.39 is 4.92 Å².